The van der Waals surface area contributed by atoms with Crippen molar-refractivity contribution in [1.29, 1.82) is 0 Å². The first-order valence-electron chi connectivity index (χ1n) is 7.40. The van der Waals surface area contributed by atoms with Gasteiger partial charge in [-0.1, -0.05) is 24.0 Å². The largest absolute Gasteiger partial charge is 0.350 e. The zero-order valence-electron chi connectivity index (χ0n) is 13.2. The molecule has 0 atom stereocenters. The van der Waals surface area contributed by atoms with Crippen molar-refractivity contribution in [3.05, 3.63) is 71.0 Å². The Morgan fingerprint density at radius 2 is 1.46 bits per heavy atom. The number of nitrogens with one attached hydrogen (secondary N) is 2. The van der Waals surface area contributed by atoms with E-state index in [0.29, 0.717) is 6.54 Å². The summed E-state index contributed by atoms with van der Waals surface area (Å²) in [6.45, 7) is 1.71. The van der Waals surface area contributed by atoms with E-state index >= 15 is 0 Å². The third-order valence-electron chi connectivity index (χ3n) is 3.14. The second-order valence-corrected chi connectivity index (χ2v) is 5.14. The van der Waals surface area contributed by atoms with Crippen molar-refractivity contribution in [2.24, 2.45) is 0 Å². The first-order valence-corrected chi connectivity index (χ1v) is 7.40. The SMILES string of the molecule is CC(=O)NCC(=O)NCc1ccc(C#Cc2ccc(F)cc2)cc1. The topological polar surface area (TPSA) is 58.2 Å². The Kier molecular flexibility index (Phi) is 6.09. The van der Waals surface area contributed by atoms with Gasteiger partial charge in [0.05, 0.1) is 6.54 Å². The molecule has 24 heavy (non-hydrogen) atoms. The zero-order valence-corrected chi connectivity index (χ0v) is 13.2. The third-order valence-corrected chi connectivity index (χ3v) is 3.14. The molecule has 0 saturated heterocycles. The minimum Gasteiger partial charge on any atom is -0.350 e. The van der Waals surface area contributed by atoms with Crippen LogP contribution in [0.5, 0.6) is 0 Å². The Morgan fingerprint density at radius 3 is 2.00 bits per heavy atom. The van der Waals surface area contributed by atoms with E-state index in [0.717, 1.165) is 16.7 Å². The molecule has 0 unspecified atom stereocenters. The highest BCUT2D eigenvalue weighted by molar-refractivity contribution is 5.83. The molecule has 0 aromatic heterocycles. The molecule has 0 spiro atoms. The number of benzene rings is 2. The van der Waals surface area contributed by atoms with Crippen molar-refractivity contribution in [3.63, 3.8) is 0 Å². The van der Waals surface area contributed by atoms with Crippen LogP contribution in [0.3, 0.4) is 0 Å². The summed E-state index contributed by atoms with van der Waals surface area (Å²) in [6.07, 6.45) is 0. The molecule has 0 fully saturated rings. The maximum absolute atomic E-state index is 12.8. The average molecular weight is 324 g/mol. The third kappa shape index (κ3) is 5.93. The molecule has 122 valence electrons. The fourth-order valence-electron chi connectivity index (χ4n) is 1.85. The summed E-state index contributed by atoms with van der Waals surface area (Å²) in [5, 5.41) is 5.15. The number of amides is 2. The molecule has 2 rings (SSSR count). The molecule has 5 heteroatoms. The maximum atomic E-state index is 12.8. The van der Waals surface area contributed by atoms with Crippen molar-refractivity contribution in [2.75, 3.05) is 6.54 Å². The van der Waals surface area contributed by atoms with Gasteiger partial charge in [-0.05, 0) is 42.0 Å². The highest BCUT2D eigenvalue weighted by Crippen LogP contribution is 2.05. The van der Waals surface area contributed by atoms with Crippen LogP contribution in [0.15, 0.2) is 48.5 Å². The first-order chi connectivity index (χ1) is 11.5. The Hall–Kier alpha value is -3.13. The van der Waals surface area contributed by atoms with Crippen molar-refractivity contribution in [1.82, 2.24) is 10.6 Å². The lowest BCUT2D eigenvalue weighted by molar-refractivity contribution is -0.125. The van der Waals surface area contributed by atoms with E-state index in [1.807, 2.05) is 24.3 Å². The Bertz CT molecular complexity index is 772. The van der Waals surface area contributed by atoms with E-state index in [1.165, 1.54) is 19.1 Å². The van der Waals surface area contributed by atoms with Crippen LogP contribution in [-0.2, 0) is 16.1 Å². The summed E-state index contributed by atoms with van der Waals surface area (Å²) in [4.78, 5) is 22.2. The smallest absolute Gasteiger partial charge is 0.239 e. The van der Waals surface area contributed by atoms with E-state index < -0.39 is 0 Å². The number of carbonyl (C=O) groups excluding carboxylic acids is 2. The molecule has 4 nitrogen and oxygen atoms in total. The number of hydrogen-bond donors (Lipinski definition) is 2. The van der Waals surface area contributed by atoms with Crippen LogP contribution in [0, 0.1) is 17.7 Å². The van der Waals surface area contributed by atoms with E-state index in [2.05, 4.69) is 22.5 Å². The summed E-state index contributed by atoms with van der Waals surface area (Å²) in [6, 6.07) is 13.4. The van der Waals surface area contributed by atoms with Crippen LogP contribution >= 0.6 is 0 Å². The van der Waals surface area contributed by atoms with Gasteiger partial charge in [-0.25, -0.2) is 4.39 Å². The van der Waals surface area contributed by atoms with Crippen LogP contribution in [0.1, 0.15) is 23.6 Å². The predicted molar refractivity (Wildman–Crippen MR) is 89.4 cm³/mol. The van der Waals surface area contributed by atoms with Crippen molar-refractivity contribution < 1.29 is 14.0 Å². The lowest BCUT2D eigenvalue weighted by atomic mass is 10.1. The second kappa shape index (κ2) is 8.49. The fraction of sp³-hybridized carbons (Fsp3) is 0.158. The molecule has 2 N–H and O–H groups in total. The summed E-state index contributed by atoms with van der Waals surface area (Å²) in [5.41, 5.74) is 2.50. The molecule has 0 heterocycles. The van der Waals surface area contributed by atoms with Crippen LogP contribution in [-0.4, -0.2) is 18.4 Å². The highest BCUT2D eigenvalue weighted by atomic mass is 19.1. The fourth-order valence-corrected chi connectivity index (χ4v) is 1.85. The summed E-state index contributed by atoms with van der Waals surface area (Å²) in [5.74, 6) is 5.18. The van der Waals surface area contributed by atoms with Gasteiger partial charge in [0.15, 0.2) is 0 Å². The minimum atomic E-state index is -0.287. The molecule has 2 aromatic carbocycles. The quantitative estimate of drug-likeness (QED) is 0.845. The predicted octanol–water partition coefficient (Wildman–Crippen LogP) is 1.98. The maximum Gasteiger partial charge on any atom is 0.239 e. The molecule has 0 bridgehead atoms. The molecule has 2 aromatic rings. The monoisotopic (exact) mass is 324 g/mol. The normalized spacial score (nSPS) is 9.58. The Morgan fingerprint density at radius 1 is 0.917 bits per heavy atom. The van der Waals surface area contributed by atoms with Gasteiger partial charge in [0.25, 0.3) is 0 Å². The summed E-state index contributed by atoms with van der Waals surface area (Å²) < 4.78 is 12.8. The van der Waals surface area contributed by atoms with E-state index in [1.54, 1.807) is 12.1 Å². The second-order valence-electron chi connectivity index (χ2n) is 5.14. The van der Waals surface area contributed by atoms with Gasteiger partial charge in [0.2, 0.25) is 11.8 Å². The number of halogens is 1. The zero-order chi connectivity index (χ0) is 17.4. The van der Waals surface area contributed by atoms with Crippen LogP contribution in [0.2, 0.25) is 0 Å². The molecule has 0 saturated carbocycles. The molecule has 0 aliphatic carbocycles. The van der Waals surface area contributed by atoms with Crippen molar-refractivity contribution >= 4 is 11.8 Å². The molecular formula is C19H17FN2O2. The Balaban J connectivity index is 1.88. The van der Waals surface area contributed by atoms with Crippen molar-refractivity contribution in [3.8, 4) is 11.8 Å². The molecular weight excluding hydrogens is 307 g/mol. The van der Waals surface area contributed by atoms with Gasteiger partial charge in [-0.15, -0.1) is 0 Å². The highest BCUT2D eigenvalue weighted by Gasteiger charge is 2.01. The van der Waals surface area contributed by atoms with Gasteiger partial charge in [0.1, 0.15) is 5.82 Å². The number of hydrogen-bond acceptors (Lipinski definition) is 2. The Labute approximate surface area is 140 Å². The molecule has 2 amide bonds. The van der Waals surface area contributed by atoms with E-state index in [-0.39, 0.29) is 24.2 Å². The minimum absolute atomic E-state index is 0.0312. The van der Waals surface area contributed by atoms with E-state index in [9.17, 15) is 14.0 Å². The van der Waals surface area contributed by atoms with Gasteiger partial charge >= 0.3 is 0 Å². The summed E-state index contributed by atoms with van der Waals surface area (Å²) >= 11 is 0. The standard InChI is InChI=1S/C19H17FN2O2/c1-14(23)21-13-19(24)22-12-17-6-4-15(5-7-17)2-3-16-8-10-18(20)11-9-16/h4-11H,12-13H2,1H3,(H,21,23)(H,22,24). The van der Waals surface area contributed by atoms with Crippen LogP contribution in [0.25, 0.3) is 0 Å². The molecule has 0 radical (unpaired) electrons. The number of rotatable bonds is 4. The lowest BCUT2D eigenvalue weighted by Gasteiger charge is -2.05. The van der Waals surface area contributed by atoms with Gasteiger partial charge in [0, 0.05) is 24.6 Å². The molecule has 0 aliphatic rings. The van der Waals surface area contributed by atoms with Gasteiger partial charge in [-0.3, -0.25) is 9.59 Å². The van der Waals surface area contributed by atoms with Gasteiger partial charge in [-0.2, -0.15) is 0 Å². The lowest BCUT2D eigenvalue weighted by Crippen LogP contribution is -2.35. The summed E-state index contributed by atoms with van der Waals surface area (Å²) in [7, 11) is 0. The van der Waals surface area contributed by atoms with E-state index in [4.69, 9.17) is 0 Å². The van der Waals surface area contributed by atoms with Gasteiger partial charge < -0.3 is 10.6 Å². The van der Waals surface area contributed by atoms with Crippen LogP contribution < -0.4 is 10.6 Å². The van der Waals surface area contributed by atoms with Crippen molar-refractivity contribution in [2.45, 2.75) is 13.5 Å². The number of carbonyl (C=O) groups is 2. The first kappa shape index (κ1) is 17.2. The average Bonchev–Trinajstić information content (AvgIpc) is 2.58. The van der Waals surface area contributed by atoms with Crippen LogP contribution in [0.4, 0.5) is 4.39 Å². The molecule has 0 aliphatic heterocycles.